The third kappa shape index (κ3) is 2.19. The molecule has 74 valence electrons. The minimum absolute atomic E-state index is 0.466. The van der Waals surface area contributed by atoms with Crippen molar-refractivity contribution in [3.63, 3.8) is 0 Å². The van der Waals surface area contributed by atoms with Gasteiger partial charge >= 0.3 is 0 Å². The molecule has 0 amide bonds. The van der Waals surface area contributed by atoms with Gasteiger partial charge in [-0.05, 0) is 20.8 Å². The van der Waals surface area contributed by atoms with Crippen LogP contribution in [0.3, 0.4) is 0 Å². The Labute approximate surface area is 83.6 Å². The third-order valence-electron chi connectivity index (χ3n) is 1.82. The van der Waals surface area contributed by atoms with Crippen LogP contribution >= 0.6 is 0 Å². The molecule has 0 N–H and O–H groups in total. The Morgan fingerprint density at radius 3 is 2.79 bits per heavy atom. The van der Waals surface area contributed by atoms with Gasteiger partial charge in [0.25, 0.3) is 0 Å². The molecule has 0 saturated heterocycles. The van der Waals surface area contributed by atoms with Gasteiger partial charge in [-0.15, -0.1) is 0 Å². The van der Waals surface area contributed by atoms with E-state index in [2.05, 4.69) is 16.0 Å². The molecule has 0 fully saturated rings. The lowest BCUT2D eigenvalue weighted by molar-refractivity contribution is 0.322. The summed E-state index contributed by atoms with van der Waals surface area (Å²) in [5.41, 5.74) is 0.00562. The molecule has 0 aliphatic carbocycles. The first-order valence-electron chi connectivity index (χ1n) is 4.46. The van der Waals surface area contributed by atoms with E-state index in [1.165, 1.54) is 0 Å². The van der Waals surface area contributed by atoms with Crippen molar-refractivity contribution in [2.45, 2.75) is 26.2 Å². The highest BCUT2D eigenvalue weighted by atomic mass is 16.5. The zero-order chi connectivity index (χ0) is 10.6. The quantitative estimate of drug-likeness (QED) is 0.729. The van der Waals surface area contributed by atoms with Gasteiger partial charge in [-0.1, -0.05) is 0 Å². The Balaban J connectivity index is 3.01. The number of rotatable bonds is 3. The van der Waals surface area contributed by atoms with Crippen LogP contribution in [0.4, 0.5) is 0 Å². The number of hydrogen-bond acceptors (Lipinski definition) is 4. The first-order valence-corrected chi connectivity index (χ1v) is 4.46. The molecule has 4 heteroatoms. The molecule has 4 nitrogen and oxygen atoms in total. The molecule has 0 bridgehead atoms. The fourth-order valence-electron chi connectivity index (χ4n) is 0.924. The molecule has 0 spiro atoms. The van der Waals surface area contributed by atoms with Crippen molar-refractivity contribution in [3.05, 3.63) is 18.1 Å². The van der Waals surface area contributed by atoms with Crippen molar-refractivity contribution in [2.75, 3.05) is 6.61 Å². The molecule has 0 atom stereocenters. The average Bonchev–Trinajstić information content (AvgIpc) is 2.19. The summed E-state index contributed by atoms with van der Waals surface area (Å²) >= 11 is 0. The molecule has 0 radical (unpaired) electrons. The molecular weight excluding hydrogens is 178 g/mol. The van der Waals surface area contributed by atoms with Crippen LogP contribution < -0.4 is 4.74 Å². The molecule has 0 aliphatic heterocycles. The lowest BCUT2D eigenvalue weighted by atomic mass is 9.92. The Morgan fingerprint density at radius 1 is 1.50 bits per heavy atom. The van der Waals surface area contributed by atoms with E-state index in [4.69, 9.17) is 10.00 Å². The molecule has 0 saturated carbocycles. The normalized spacial score (nSPS) is 10.7. The summed E-state index contributed by atoms with van der Waals surface area (Å²) in [6, 6.07) is 2.17. The van der Waals surface area contributed by atoms with E-state index in [1.807, 2.05) is 6.92 Å². The van der Waals surface area contributed by atoms with Crippen molar-refractivity contribution in [1.29, 1.82) is 5.26 Å². The second-order valence-corrected chi connectivity index (χ2v) is 3.41. The van der Waals surface area contributed by atoms with Gasteiger partial charge in [-0.25, -0.2) is 4.98 Å². The van der Waals surface area contributed by atoms with Gasteiger partial charge in [0.15, 0.2) is 0 Å². The van der Waals surface area contributed by atoms with Gasteiger partial charge in [0.2, 0.25) is 5.88 Å². The van der Waals surface area contributed by atoms with Crippen LogP contribution in [0, 0.1) is 11.3 Å². The predicted molar refractivity (Wildman–Crippen MR) is 51.8 cm³/mol. The van der Waals surface area contributed by atoms with E-state index < -0.39 is 5.41 Å². The minimum Gasteiger partial charge on any atom is -0.477 e. The van der Waals surface area contributed by atoms with Crippen molar-refractivity contribution in [3.8, 4) is 11.9 Å². The topological polar surface area (TPSA) is 58.8 Å². The van der Waals surface area contributed by atoms with E-state index in [1.54, 1.807) is 26.2 Å². The van der Waals surface area contributed by atoms with Crippen LogP contribution in [-0.4, -0.2) is 16.6 Å². The maximum atomic E-state index is 8.91. The number of aromatic nitrogens is 2. The Hall–Kier alpha value is -1.63. The van der Waals surface area contributed by atoms with Gasteiger partial charge in [0, 0.05) is 0 Å². The fourth-order valence-corrected chi connectivity index (χ4v) is 0.924. The van der Waals surface area contributed by atoms with Crippen LogP contribution in [-0.2, 0) is 5.41 Å². The highest BCUT2D eigenvalue weighted by Gasteiger charge is 2.22. The second kappa shape index (κ2) is 4.05. The predicted octanol–water partition coefficient (Wildman–Crippen LogP) is 1.68. The smallest absolute Gasteiger partial charge is 0.232 e. The van der Waals surface area contributed by atoms with Crippen molar-refractivity contribution in [2.24, 2.45) is 0 Å². The highest BCUT2D eigenvalue weighted by Crippen LogP contribution is 2.20. The molecule has 1 heterocycles. The maximum Gasteiger partial charge on any atom is 0.232 e. The standard InChI is InChI=1S/C10H13N3O/c1-4-14-9-6-12-5-8(13-9)10(2,3)7-11/h5-6H,4H2,1-3H3. The summed E-state index contributed by atoms with van der Waals surface area (Å²) in [7, 11) is 0. The Kier molecular flexibility index (Phi) is 3.03. The first kappa shape index (κ1) is 10.5. The largest absolute Gasteiger partial charge is 0.477 e. The van der Waals surface area contributed by atoms with Crippen molar-refractivity contribution >= 4 is 0 Å². The van der Waals surface area contributed by atoms with Gasteiger partial charge < -0.3 is 4.74 Å². The first-order chi connectivity index (χ1) is 6.60. The lowest BCUT2D eigenvalue weighted by Crippen LogP contribution is -2.16. The molecule has 1 aromatic heterocycles. The van der Waals surface area contributed by atoms with Crippen molar-refractivity contribution in [1.82, 2.24) is 9.97 Å². The van der Waals surface area contributed by atoms with Crippen LogP contribution in [0.15, 0.2) is 12.4 Å². The van der Waals surface area contributed by atoms with Gasteiger partial charge in [0.05, 0.1) is 36.2 Å². The summed E-state index contributed by atoms with van der Waals surface area (Å²) in [6.45, 7) is 6.02. The SMILES string of the molecule is CCOc1cncc(C(C)(C)C#N)n1. The van der Waals surface area contributed by atoms with E-state index in [-0.39, 0.29) is 0 Å². The number of hydrogen-bond donors (Lipinski definition) is 0. The summed E-state index contributed by atoms with van der Waals surface area (Å²) in [4.78, 5) is 8.18. The minimum atomic E-state index is -0.625. The van der Waals surface area contributed by atoms with Gasteiger partial charge in [-0.3, -0.25) is 4.98 Å². The zero-order valence-electron chi connectivity index (χ0n) is 8.61. The monoisotopic (exact) mass is 191 g/mol. The van der Waals surface area contributed by atoms with E-state index in [0.717, 1.165) is 0 Å². The van der Waals surface area contributed by atoms with Crippen LogP contribution in [0.25, 0.3) is 0 Å². The highest BCUT2D eigenvalue weighted by molar-refractivity contribution is 5.23. The Bertz CT molecular complexity index is 355. The molecule has 0 unspecified atom stereocenters. The number of nitriles is 1. The van der Waals surface area contributed by atoms with Gasteiger partial charge in [0.1, 0.15) is 0 Å². The van der Waals surface area contributed by atoms with Gasteiger partial charge in [-0.2, -0.15) is 5.26 Å². The molecule has 1 aromatic rings. The molecule has 14 heavy (non-hydrogen) atoms. The van der Waals surface area contributed by atoms with E-state index >= 15 is 0 Å². The fraction of sp³-hybridized carbons (Fsp3) is 0.500. The Morgan fingerprint density at radius 2 is 2.21 bits per heavy atom. The van der Waals surface area contributed by atoms with Crippen LogP contribution in [0.1, 0.15) is 26.5 Å². The van der Waals surface area contributed by atoms with E-state index in [9.17, 15) is 0 Å². The number of nitrogens with zero attached hydrogens (tertiary/aromatic N) is 3. The van der Waals surface area contributed by atoms with E-state index in [0.29, 0.717) is 18.2 Å². The molecule has 0 aliphatic rings. The van der Waals surface area contributed by atoms with Crippen molar-refractivity contribution < 1.29 is 4.74 Å². The molecule has 0 aromatic carbocycles. The molecule has 1 rings (SSSR count). The maximum absolute atomic E-state index is 8.91. The third-order valence-corrected chi connectivity index (χ3v) is 1.82. The van der Waals surface area contributed by atoms with Crippen LogP contribution in [0.5, 0.6) is 5.88 Å². The number of ether oxygens (including phenoxy) is 1. The lowest BCUT2D eigenvalue weighted by Gasteiger charge is -2.14. The summed E-state index contributed by atoms with van der Waals surface area (Å²) < 4.78 is 5.20. The van der Waals surface area contributed by atoms with Crippen LogP contribution in [0.2, 0.25) is 0 Å². The molecular formula is C10H13N3O. The summed E-state index contributed by atoms with van der Waals surface area (Å²) in [5.74, 6) is 0.466. The zero-order valence-corrected chi connectivity index (χ0v) is 8.61. The average molecular weight is 191 g/mol. The summed E-state index contributed by atoms with van der Waals surface area (Å²) in [6.07, 6.45) is 3.13. The summed E-state index contributed by atoms with van der Waals surface area (Å²) in [5, 5.41) is 8.91. The second-order valence-electron chi connectivity index (χ2n) is 3.41.